The van der Waals surface area contributed by atoms with E-state index in [-0.39, 0.29) is 19.8 Å². The Morgan fingerprint density at radius 3 is 1.24 bits per heavy atom. The van der Waals surface area contributed by atoms with E-state index in [2.05, 4.69) is 113 Å². The van der Waals surface area contributed by atoms with E-state index in [1.54, 1.807) is 0 Å². The summed E-state index contributed by atoms with van der Waals surface area (Å²) >= 11 is 0. The highest BCUT2D eigenvalue weighted by atomic mass is 16.5. The SMILES string of the molecule is C=CC(=O)OCCC(CCOC(=O)C=C)(CCOC(=O)C=C)c1ccc(-c2ccc(N(c3ccc(C)c(C)c3)c3ccc(C)c(C)c3)cc2)cc1. The average Bonchev–Trinajstić information content (AvgIpc) is 3.14. The van der Waals surface area contributed by atoms with Gasteiger partial charge in [-0.1, -0.05) is 68.3 Å². The van der Waals surface area contributed by atoms with E-state index < -0.39 is 23.3 Å². The standard InChI is InChI=1S/C44H47NO6/c1-8-41(46)49-26-23-44(24-27-50-42(47)9-2,25-28-51-43(48)10-3)37-17-13-35(14-18-37)36-15-21-38(22-16-36)45(39-19-11-31(4)33(6)29-39)40-20-12-32(5)34(7)30-40/h8-22,29-30H,1-3,23-28H2,4-7H3. The van der Waals surface area contributed by atoms with Gasteiger partial charge in [-0.05, 0) is 122 Å². The van der Waals surface area contributed by atoms with Crippen molar-refractivity contribution in [2.45, 2.75) is 52.4 Å². The number of carbonyl (C=O) groups excluding carboxylic acids is 3. The molecule has 51 heavy (non-hydrogen) atoms. The lowest BCUT2D eigenvalue weighted by Gasteiger charge is -2.34. The lowest BCUT2D eigenvalue weighted by molar-refractivity contribution is -0.138. The van der Waals surface area contributed by atoms with Crippen LogP contribution in [0.15, 0.2) is 123 Å². The van der Waals surface area contributed by atoms with Crippen molar-refractivity contribution in [1.29, 1.82) is 0 Å². The molecule has 0 amide bonds. The Kier molecular flexibility index (Phi) is 13.3. The maximum Gasteiger partial charge on any atom is 0.330 e. The summed E-state index contributed by atoms with van der Waals surface area (Å²) in [5, 5.41) is 0. The number of hydrogen-bond acceptors (Lipinski definition) is 7. The molecular weight excluding hydrogens is 638 g/mol. The van der Waals surface area contributed by atoms with Crippen molar-refractivity contribution in [3.63, 3.8) is 0 Å². The van der Waals surface area contributed by atoms with E-state index in [1.807, 2.05) is 24.3 Å². The summed E-state index contributed by atoms with van der Waals surface area (Å²) in [4.78, 5) is 38.0. The Hall–Kier alpha value is -5.69. The minimum absolute atomic E-state index is 0.0936. The number of rotatable bonds is 17. The second-order valence-electron chi connectivity index (χ2n) is 12.6. The van der Waals surface area contributed by atoms with E-state index in [1.165, 1.54) is 22.3 Å². The molecule has 0 fully saturated rings. The molecule has 0 N–H and O–H groups in total. The zero-order chi connectivity index (χ0) is 37.0. The van der Waals surface area contributed by atoms with Crippen LogP contribution in [0.25, 0.3) is 11.1 Å². The van der Waals surface area contributed by atoms with Gasteiger partial charge in [-0.15, -0.1) is 0 Å². The summed E-state index contributed by atoms with van der Waals surface area (Å²) in [6.07, 6.45) is 4.52. The third kappa shape index (κ3) is 9.94. The summed E-state index contributed by atoms with van der Waals surface area (Å²) in [6.45, 7) is 19.2. The van der Waals surface area contributed by atoms with Crippen molar-refractivity contribution < 1.29 is 28.6 Å². The first-order valence-corrected chi connectivity index (χ1v) is 17.0. The number of anilines is 3. The van der Waals surface area contributed by atoms with Gasteiger partial charge in [0, 0.05) is 40.7 Å². The quantitative estimate of drug-likeness (QED) is 0.0622. The fraction of sp³-hybridized carbons (Fsp3) is 0.250. The molecule has 0 aromatic heterocycles. The van der Waals surface area contributed by atoms with Crippen LogP contribution in [0, 0.1) is 27.7 Å². The van der Waals surface area contributed by atoms with Gasteiger partial charge in [-0.2, -0.15) is 0 Å². The molecule has 0 unspecified atom stereocenters. The van der Waals surface area contributed by atoms with Crippen molar-refractivity contribution in [3.05, 3.63) is 151 Å². The molecule has 0 aliphatic heterocycles. The maximum absolute atomic E-state index is 11.9. The molecule has 4 rings (SSSR count). The summed E-state index contributed by atoms with van der Waals surface area (Å²) in [7, 11) is 0. The Morgan fingerprint density at radius 2 is 0.882 bits per heavy atom. The van der Waals surface area contributed by atoms with Crippen LogP contribution in [-0.2, 0) is 34.0 Å². The normalized spacial score (nSPS) is 10.9. The fourth-order valence-corrected chi connectivity index (χ4v) is 6.02. The Labute approximate surface area is 301 Å². The van der Waals surface area contributed by atoms with Crippen molar-refractivity contribution in [3.8, 4) is 11.1 Å². The van der Waals surface area contributed by atoms with Gasteiger partial charge in [0.25, 0.3) is 0 Å². The van der Waals surface area contributed by atoms with E-state index in [9.17, 15) is 14.4 Å². The van der Waals surface area contributed by atoms with Gasteiger partial charge in [0.2, 0.25) is 0 Å². The number of hydrogen-bond donors (Lipinski definition) is 0. The van der Waals surface area contributed by atoms with Gasteiger partial charge in [0.1, 0.15) is 0 Å². The maximum atomic E-state index is 11.9. The number of esters is 3. The molecule has 0 atom stereocenters. The zero-order valence-electron chi connectivity index (χ0n) is 30.1. The molecule has 0 bridgehead atoms. The highest BCUT2D eigenvalue weighted by Gasteiger charge is 2.33. The van der Waals surface area contributed by atoms with E-state index in [0.717, 1.165) is 52.0 Å². The summed E-state index contributed by atoms with van der Waals surface area (Å²) < 4.78 is 16.1. The molecule has 7 heteroatoms. The molecule has 4 aromatic rings. The van der Waals surface area contributed by atoms with Crippen LogP contribution in [-0.4, -0.2) is 37.7 Å². The van der Waals surface area contributed by atoms with Crippen LogP contribution >= 0.6 is 0 Å². The summed E-state index contributed by atoms with van der Waals surface area (Å²) in [5.74, 6) is -1.60. The zero-order valence-corrected chi connectivity index (χ0v) is 30.1. The third-order valence-electron chi connectivity index (χ3n) is 9.43. The van der Waals surface area contributed by atoms with Gasteiger partial charge in [-0.25, -0.2) is 14.4 Å². The number of aryl methyl sites for hydroxylation is 4. The lowest BCUT2D eigenvalue weighted by atomic mass is 9.72. The molecular formula is C44H47NO6. The van der Waals surface area contributed by atoms with Crippen molar-refractivity contribution >= 4 is 35.0 Å². The van der Waals surface area contributed by atoms with Crippen LogP contribution < -0.4 is 4.90 Å². The predicted molar refractivity (Wildman–Crippen MR) is 205 cm³/mol. The molecule has 4 aromatic carbocycles. The van der Waals surface area contributed by atoms with Gasteiger partial charge in [0.15, 0.2) is 0 Å². The van der Waals surface area contributed by atoms with E-state index in [0.29, 0.717) is 19.3 Å². The van der Waals surface area contributed by atoms with Crippen LogP contribution in [0.4, 0.5) is 17.1 Å². The summed E-state index contributed by atoms with van der Waals surface area (Å²) in [6, 6.07) is 29.7. The number of ether oxygens (including phenoxy) is 3. The van der Waals surface area contributed by atoms with Crippen molar-refractivity contribution in [2.24, 2.45) is 0 Å². The van der Waals surface area contributed by atoms with E-state index in [4.69, 9.17) is 14.2 Å². The predicted octanol–water partition coefficient (Wildman–Crippen LogP) is 9.65. The van der Waals surface area contributed by atoms with Crippen LogP contribution in [0.2, 0.25) is 0 Å². The molecule has 0 heterocycles. The van der Waals surface area contributed by atoms with Gasteiger partial charge < -0.3 is 19.1 Å². The second-order valence-corrected chi connectivity index (χ2v) is 12.6. The molecule has 0 radical (unpaired) electrons. The minimum Gasteiger partial charge on any atom is -0.463 e. The first kappa shape index (κ1) is 38.1. The van der Waals surface area contributed by atoms with Gasteiger partial charge in [0.05, 0.1) is 19.8 Å². The Morgan fingerprint density at radius 1 is 0.529 bits per heavy atom. The second kappa shape index (κ2) is 17.8. The molecule has 0 aliphatic carbocycles. The van der Waals surface area contributed by atoms with Crippen LogP contribution in [0.1, 0.15) is 47.1 Å². The number of benzene rings is 4. The van der Waals surface area contributed by atoms with E-state index >= 15 is 0 Å². The highest BCUT2D eigenvalue weighted by Crippen LogP contribution is 2.39. The topological polar surface area (TPSA) is 82.1 Å². The fourth-order valence-electron chi connectivity index (χ4n) is 6.02. The van der Waals surface area contributed by atoms with Crippen molar-refractivity contribution in [2.75, 3.05) is 24.7 Å². The van der Waals surface area contributed by atoms with Crippen LogP contribution in [0.3, 0.4) is 0 Å². The number of nitrogens with zero attached hydrogens (tertiary/aromatic N) is 1. The van der Waals surface area contributed by atoms with Crippen LogP contribution in [0.5, 0.6) is 0 Å². The third-order valence-corrected chi connectivity index (χ3v) is 9.43. The largest absolute Gasteiger partial charge is 0.463 e. The molecule has 0 saturated heterocycles. The molecule has 0 spiro atoms. The molecule has 264 valence electrons. The molecule has 0 aliphatic rings. The average molecular weight is 686 g/mol. The Bertz CT molecular complexity index is 1760. The first-order chi connectivity index (χ1) is 24.5. The highest BCUT2D eigenvalue weighted by molar-refractivity contribution is 5.82. The van der Waals surface area contributed by atoms with Gasteiger partial charge in [-0.3, -0.25) is 0 Å². The first-order valence-electron chi connectivity index (χ1n) is 17.0. The molecule has 7 nitrogen and oxygen atoms in total. The molecule has 0 saturated carbocycles. The van der Waals surface area contributed by atoms with Gasteiger partial charge >= 0.3 is 17.9 Å². The van der Waals surface area contributed by atoms with Crippen molar-refractivity contribution in [1.82, 2.24) is 0 Å². The summed E-state index contributed by atoms with van der Waals surface area (Å²) in [5.41, 5.74) is 10.5. The minimum atomic E-state index is -0.661. The monoisotopic (exact) mass is 685 g/mol. The number of carbonyl (C=O) groups is 3. The lowest BCUT2D eigenvalue weighted by Crippen LogP contribution is -2.32. The Balaban J connectivity index is 1.67. The smallest absolute Gasteiger partial charge is 0.330 e.